The Morgan fingerprint density at radius 3 is 2.32 bits per heavy atom. The van der Waals surface area contributed by atoms with E-state index in [4.69, 9.17) is 4.74 Å². The first-order valence-electron chi connectivity index (χ1n) is 13.6. The average Bonchev–Trinajstić information content (AvgIpc) is 3.22. The summed E-state index contributed by atoms with van der Waals surface area (Å²) in [6.07, 6.45) is 10.0. The highest BCUT2D eigenvalue weighted by atomic mass is 16.5. The Labute approximate surface area is 204 Å². The topological polar surface area (TPSA) is 91.0 Å². The van der Waals surface area contributed by atoms with Crippen molar-refractivity contribution in [3.8, 4) is 0 Å². The summed E-state index contributed by atoms with van der Waals surface area (Å²) in [5, 5.41) is 6.25. The standard InChI is InChI=1S/C26H44N4O4/c1-3-29-10-5-6-22(29)18-30(11-8-24(32)34-4-2)23(31)7-9-27-25(33)28-26-15-19-12-20(16-26)14-21(13-19)17-26/h19-22H,3-18H2,1-2H3,(H2,27,28,33). The van der Waals surface area contributed by atoms with E-state index >= 15 is 0 Å². The molecule has 0 aromatic carbocycles. The smallest absolute Gasteiger partial charge is 0.315 e. The number of nitrogens with zero attached hydrogens (tertiary/aromatic N) is 2. The SMILES string of the molecule is CCOC(=O)CCN(CC1CCCN1CC)C(=O)CCNC(=O)NC12CC3CC(CC(C3)C1)C2. The van der Waals surface area contributed by atoms with Crippen LogP contribution in [0.1, 0.15) is 78.1 Å². The zero-order valence-corrected chi connectivity index (χ0v) is 21.2. The number of nitrogens with one attached hydrogen (secondary N) is 2. The number of hydrogen-bond acceptors (Lipinski definition) is 5. The van der Waals surface area contributed by atoms with Crippen LogP contribution >= 0.6 is 0 Å². The second-order valence-electron chi connectivity index (χ2n) is 11.1. The molecule has 3 amide bonds. The van der Waals surface area contributed by atoms with Crippen LogP contribution in [-0.4, -0.2) is 78.6 Å². The lowest BCUT2D eigenvalue weighted by Gasteiger charge is -2.56. The third-order valence-corrected chi connectivity index (χ3v) is 8.62. The van der Waals surface area contributed by atoms with Crippen molar-refractivity contribution in [2.45, 2.75) is 89.6 Å². The Morgan fingerprint density at radius 1 is 1.03 bits per heavy atom. The Bertz CT molecular complexity index is 707. The molecule has 4 saturated carbocycles. The zero-order chi connectivity index (χ0) is 24.1. The number of amides is 3. The van der Waals surface area contributed by atoms with Gasteiger partial charge in [0.1, 0.15) is 0 Å². The quantitative estimate of drug-likeness (QED) is 0.448. The number of hydrogen-bond donors (Lipinski definition) is 2. The van der Waals surface area contributed by atoms with E-state index in [2.05, 4.69) is 22.5 Å². The lowest BCUT2D eigenvalue weighted by Crippen LogP contribution is -2.61. The summed E-state index contributed by atoms with van der Waals surface area (Å²) < 4.78 is 5.06. The molecule has 192 valence electrons. The van der Waals surface area contributed by atoms with Gasteiger partial charge in [-0.05, 0) is 89.1 Å². The number of likely N-dealkylation sites (tertiary alicyclic amines) is 1. The van der Waals surface area contributed by atoms with Crippen molar-refractivity contribution >= 4 is 17.9 Å². The molecule has 5 fully saturated rings. The van der Waals surface area contributed by atoms with Crippen LogP contribution in [0.3, 0.4) is 0 Å². The molecule has 5 aliphatic rings. The molecule has 4 bridgehead atoms. The molecule has 4 aliphatic carbocycles. The van der Waals surface area contributed by atoms with Crippen molar-refractivity contribution in [3.05, 3.63) is 0 Å². The van der Waals surface area contributed by atoms with Gasteiger partial charge in [-0.2, -0.15) is 0 Å². The molecule has 1 atom stereocenters. The molecule has 1 heterocycles. The number of ether oxygens (including phenoxy) is 1. The molecule has 0 aromatic rings. The molecule has 1 saturated heterocycles. The van der Waals surface area contributed by atoms with Crippen molar-refractivity contribution in [1.29, 1.82) is 0 Å². The summed E-state index contributed by atoms with van der Waals surface area (Å²) in [5.74, 6) is 2.05. The number of rotatable bonds is 11. The summed E-state index contributed by atoms with van der Waals surface area (Å²) >= 11 is 0. The molecule has 2 N–H and O–H groups in total. The average molecular weight is 477 g/mol. The zero-order valence-electron chi connectivity index (χ0n) is 21.2. The Kier molecular flexibility index (Phi) is 8.38. The van der Waals surface area contributed by atoms with E-state index in [-0.39, 0.29) is 36.3 Å². The third kappa shape index (κ3) is 6.23. The fraction of sp³-hybridized carbons (Fsp3) is 0.885. The predicted octanol–water partition coefficient (Wildman–Crippen LogP) is 2.91. The van der Waals surface area contributed by atoms with Gasteiger partial charge in [0.05, 0.1) is 13.0 Å². The van der Waals surface area contributed by atoms with Crippen LogP contribution in [-0.2, 0) is 14.3 Å². The fourth-order valence-corrected chi connectivity index (χ4v) is 7.54. The van der Waals surface area contributed by atoms with Crippen LogP contribution in [0.4, 0.5) is 4.79 Å². The van der Waals surface area contributed by atoms with E-state index in [1.807, 2.05) is 0 Å². The fourth-order valence-electron chi connectivity index (χ4n) is 7.54. The van der Waals surface area contributed by atoms with E-state index in [9.17, 15) is 14.4 Å². The van der Waals surface area contributed by atoms with Gasteiger partial charge in [0.25, 0.3) is 0 Å². The lowest BCUT2D eigenvalue weighted by molar-refractivity contribution is -0.144. The van der Waals surface area contributed by atoms with Crippen molar-refractivity contribution in [2.75, 3.05) is 39.3 Å². The number of carbonyl (C=O) groups is 3. The Morgan fingerprint density at radius 2 is 1.71 bits per heavy atom. The van der Waals surface area contributed by atoms with Crippen LogP contribution in [0.15, 0.2) is 0 Å². The maximum atomic E-state index is 13.1. The summed E-state index contributed by atoms with van der Waals surface area (Å²) in [6, 6.07) is 0.198. The molecular formula is C26H44N4O4. The Balaban J connectivity index is 1.25. The lowest BCUT2D eigenvalue weighted by atomic mass is 9.53. The first-order valence-corrected chi connectivity index (χ1v) is 13.6. The first kappa shape index (κ1) is 25.3. The monoisotopic (exact) mass is 476 g/mol. The second kappa shape index (κ2) is 11.3. The minimum atomic E-state index is -0.271. The highest BCUT2D eigenvalue weighted by molar-refractivity contribution is 5.79. The van der Waals surface area contributed by atoms with E-state index in [1.54, 1.807) is 11.8 Å². The van der Waals surface area contributed by atoms with E-state index < -0.39 is 0 Å². The van der Waals surface area contributed by atoms with Crippen molar-refractivity contribution in [2.24, 2.45) is 17.8 Å². The van der Waals surface area contributed by atoms with Gasteiger partial charge in [-0.1, -0.05) is 6.92 Å². The Hall–Kier alpha value is -1.83. The maximum absolute atomic E-state index is 13.1. The molecule has 0 radical (unpaired) electrons. The van der Waals surface area contributed by atoms with Gasteiger partial charge in [0.2, 0.25) is 5.91 Å². The molecule has 5 rings (SSSR count). The summed E-state index contributed by atoms with van der Waals surface area (Å²) in [4.78, 5) is 41.9. The highest BCUT2D eigenvalue weighted by Crippen LogP contribution is 2.55. The van der Waals surface area contributed by atoms with Crippen LogP contribution < -0.4 is 10.6 Å². The number of urea groups is 1. The minimum Gasteiger partial charge on any atom is -0.466 e. The summed E-state index contributed by atoms with van der Waals surface area (Å²) in [5.41, 5.74) is -0.0272. The van der Waals surface area contributed by atoms with Gasteiger partial charge in [0.15, 0.2) is 0 Å². The first-order chi connectivity index (χ1) is 16.4. The highest BCUT2D eigenvalue weighted by Gasteiger charge is 2.51. The molecule has 0 aromatic heterocycles. The normalized spacial score (nSPS) is 31.9. The molecule has 1 aliphatic heterocycles. The second-order valence-corrected chi connectivity index (χ2v) is 11.1. The molecule has 1 unspecified atom stereocenters. The summed E-state index contributed by atoms with van der Waals surface area (Å²) in [6.45, 7) is 7.63. The largest absolute Gasteiger partial charge is 0.466 e. The van der Waals surface area contributed by atoms with E-state index in [0.29, 0.717) is 32.3 Å². The number of carbonyl (C=O) groups excluding carboxylic acids is 3. The van der Waals surface area contributed by atoms with Gasteiger partial charge in [0, 0.05) is 37.6 Å². The van der Waals surface area contributed by atoms with Crippen LogP contribution in [0, 0.1) is 17.8 Å². The molecule has 8 heteroatoms. The van der Waals surface area contributed by atoms with Crippen LogP contribution in [0.25, 0.3) is 0 Å². The van der Waals surface area contributed by atoms with Gasteiger partial charge < -0.3 is 20.3 Å². The molecular weight excluding hydrogens is 432 g/mol. The van der Waals surface area contributed by atoms with E-state index in [1.165, 1.54) is 19.3 Å². The van der Waals surface area contributed by atoms with Crippen molar-refractivity contribution in [1.82, 2.24) is 20.4 Å². The number of likely N-dealkylation sites (N-methyl/N-ethyl adjacent to an activating group) is 1. The van der Waals surface area contributed by atoms with Crippen LogP contribution in [0.2, 0.25) is 0 Å². The maximum Gasteiger partial charge on any atom is 0.315 e. The van der Waals surface area contributed by atoms with Crippen LogP contribution in [0.5, 0.6) is 0 Å². The molecule has 8 nitrogen and oxygen atoms in total. The van der Waals surface area contributed by atoms with Gasteiger partial charge in [-0.25, -0.2) is 4.79 Å². The summed E-state index contributed by atoms with van der Waals surface area (Å²) in [7, 11) is 0. The minimum absolute atomic E-state index is 0.0117. The van der Waals surface area contributed by atoms with Gasteiger partial charge in [-0.3, -0.25) is 14.5 Å². The van der Waals surface area contributed by atoms with Gasteiger partial charge >= 0.3 is 12.0 Å². The van der Waals surface area contributed by atoms with Gasteiger partial charge in [-0.15, -0.1) is 0 Å². The van der Waals surface area contributed by atoms with Crippen molar-refractivity contribution < 1.29 is 19.1 Å². The predicted molar refractivity (Wildman–Crippen MR) is 130 cm³/mol. The van der Waals surface area contributed by atoms with E-state index in [0.717, 1.165) is 62.9 Å². The molecule has 34 heavy (non-hydrogen) atoms. The number of esters is 1. The molecule has 0 spiro atoms. The third-order valence-electron chi connectivity index (χ3n) is 8.62. The van der Waals surface area contributed by atoms with Crippen molar-refractivity contribution in [3.63, 3.8) is 0 Å².